The normalized spacial score (nSPS) is 12.7. The van der Waals surface area contributed by atoms with E-state index in [1.807, 2.05) is 33.0 Å². The molecule has 0 radical (unpaired) electrons. The fourth-order valence-electron chi connectivity index (χ4n) is 2.14. The Morgan fingerprint density at radius 1 is 1.25 bits per heavy atom. The smallest absolute Gasteiger partial charge is 0.120 e. The monoisotopic (exact) mass is 353 g/mol. The lowest BCUT2D eigenvalue weighted by molar-refractivity contribution is 0.242. The molecule has 2 aromatic rings. The fraction of sp³-hybridized carbons (Fsp3) is 0.375. The molecule has 1 heterocycles. The van der Waals surface area contributed by atoms with Crippen LogP contribution >= 0.6 is 27.3 Å². The molecular formula is C16H20BrNOS. The quantitative estimate of drug-likeness (QED) is 0.823. The number of rotatable bonds is 5. The van der Waals surface area contributed by atoms with Gasteiger partial charge in [0.25, 0.3) is 0 Å². The third kappa shape index (κ3) is 3.62. The van der Waals surface area contributed by atoms with Crippen LogP contribution in [0, 0.1) is 6.92 Å². The molecule has 0 aliphatic carbocycles. The van der Waals surface area contributed by atoms with E-state index < -0.39 is 0 Å². The summed E-state index contributed by atoms with van der Waals surface area (Å²) in [6.07, 6.45) is 0.191. The van der Waals surface area contributed by atoms with E-state index in [-0.39, 0.29) is 12.1 Å². The highest BCUT2D eigenvalue weighted by Crippen LogP contribution is 2.35. The molecule has 2 nitrogen and oxygen atoms in total. The van der Waals surface area contributed by atoms with E-state index in [0.29, 0.717) is 0 Å². The van der Waals surface area contributed by atoms with Gasteiger partial charge in [0.2, 0.25) is 0 Å². The van der Waals surface area contributed by atoms with Crippen LogP contribution in [-0.2, 0) is 0 Å². The molecule has 0 bridgehead atoms. The molecule has 1 unspecified atom stereocenters. The maximum Gasteiger partial charge on any atom is 0.120 e. The van der Waals surface area contributed by atoms with Crippen molar-refractivity contribution in [3.05, 3.63) is 50.1 Å². The number of ether oxygens (including phenoxy) is 1. The van der Waals surface area contributed by atoms with Gasteiger partial charge >= 0.3 is 0 Å². The zero-order chi connectivity index (χ0) is 14.7. The van der Waals surface area contributed by atoms with Crippen molar-refractivity contribution >= 4 is 27.3 Å². The Bertz CT molecular complexity index is 560. The molecule has 0 saturated heterocycles. The summed E-state index contributed by atoms with van der Waals surface area (Å²) in [6, 6.07) is 10.7. The van der Waals surface area contributed by atoms with Crippen LogP contribution in [0.5, 0.6) is 5.75 Å². The summed E-state index contributed by atoms with van der Waals surface area (Å²) in [5, 5.41) is 3.39. The highest BCUT2D eigenvalue weighted by Gasteiger charge is 2.16. The van der Waals surface area contributed by atoms with E-state index in [9.17, 15) is 0 Å². The van der Waals surface area contributed by atoms with Crippen molar-refractivity contribution in [3.63, 3.8) is 0 Å². The van der Waals surface area contributed by atoms with Gasteiger partial charge in [0.05, 0.1) is 15.9 Å². The summed E-state index contributed by atoms with van der Waals surface area (Å²) in [5.41, 5.74) is 2.50. The van der Waals surface area contributed by atoms with Crippen molar-refractivity contribution in [1.29, 1.82) is 0 Å². The molecule has 0 aliphatic heterocycles. The van der Waals surface area contributed by atoms with Crippen LogP contribution in [0.1, 0.15) is 35.9 Å². The van der Waals surface area contributed by atoms with Crippen LogP contribution in [0.25, 0.3) is 0 Å². The molecule has 0 saturated carbocycles. The van der Waals surface area contributed by atoms with Gasteiger partial charge in [-0.15, -0.1) is 11.3 Å². The zero-order valence-corrected chi connectivity index (χ0v) is 14.6. The van der Waals surface area contributed by atoms with Gasteiger partial charge in [0.15, 0.2) is 0 Å². The number of nitrogens with one attached hydrogen (secondary N) is 1. The predicted octanol–water partition coefficient (Wildman–Crippen LogP) is 4.92. The van der Waals surface area contributed by atoms with E-state index >= 15 is 0 Å². The molecule has 20 heavy (non-hydrogen) atoms. The van der Waals surface area contributed by atoms with Gasteiger partial charge in [-0.25, -0.2) is 0 Å². The van der Waals surface area contributed by atoms with Crippen molar-refractivity contribution in [2.24, 2.45) is 0 Å². The van der Waals surface area contributed by atoms with E-state index in [4.69, 9.17) is 4.74 Å². The van der Waals surface area contributed by atoms with Gasteiger partial charge in [-0.3, -0.25) is 0 Å². The van der Waals surface area contributed by atoms with Crippen LogP contribution in [0.4, 0.5) is 0 Å². The predicted molar refractivity (Wildman–Crippen MR) is 89.9 cm³/mol. The van der Waals surface area contributed by atoms with E-state index in [1.165, 1.54) is 19.8 Å². The SMILES string of the molecule is CNC(c1cccc(OC(C)C)c1)c1cc(C)c(Br)s1. The Balaban J connectivity index is 2.31. The molecule has 4 heteroatoms. The molecule has 0 aliphatic rings. The number of benzene rings is 1. The van der Waals surface area contributed by atoms with Crippen molar-refractivity contribution in [2.75, 3.05) is 7.05 Å². The molecule has 108 valence electrons. The fourth-order valence-corrected chi connectivity index (χ4v) is 3.85. The third-order valence-corrected chi connectivity index (χ3v) is 5.21. The van der Waals surface area contributed by atoms with Crippen molar-refractivity contribution in [3.8, 4) is 5.75 Å². The summed E-state index contributed by atoms with van der Waals surface area (Å²) in [7, 11) is 1.99. The number of hydrogen-bond acceptors (Lipinski definition) is 3. The number of thiophene rings is 1. The highest BCUT2D eigenvalue weighted by molar-refractivity contribution is 9.11. The average Bonchev–Trinajstić information content (AvgIpc) is 2.70. The van der Waals surface area contributed by atoms with Gasteiger partial charge in [-0.1, -0.05) is 12.1 Å². The topological polar surface area (TPSA) is 21.3 Å². The lowest BCUT2D eigenvalue weighted by Crippen LogP contribution is -2.16. The van der Waals surface area contributed by atoms with Crippen LogP contribution in [0.15, 0.2) is 34.1 Å². The second-order valence-electron chi connectivity index (χ2n) is 5.07. The lowest BCUT2D eigenvalue weighted by atomic mass is 10.0. The molecule has 1 aromatic carbocycles. The minimum Gasteiger partial charge on any atom is -0.491 e. The lowest BCUT2D eigenvalue weighted by Gasteiger charge is -2.17. The van der Waals surface area contributed by atoms with Crippen LogP contribution < -0.4 is 10.1 Å². The second-order valence-corrected chi connectivity index (χ2v) is 7.47. The standard InChI is InChI=1S/C16H20BrNOS/c1-10(2)19-13-7-5-6-12(9-13)15(18-4)14-8-11(3)16(17)20-14/h5-10,15,18H,1-4H3. The van der Waals surface area contributed by atoms with Crippen LogP contribution in [0.2, 0.25) is 0 Å². The minimum atomic E-state index is 0.191. The molecule has 1 N–H and O–H groups in total. The summed E-state index contributed by atoms with van der Waals surface area (Å²) >= 11 is 5.37. The van der Waals surface area contributed by atoms with E-state index in [1.54, 1.807) is 11.3 Å². The second kappa shape index (κ2) is 6.74. The van der Waals surface area contributed by atoms with E-state index in [2.05, 4.69) is 46.4 Å². The van der Waals surface area contributed by atoms with Crippen LogP contribution in [0.3, 0.4) is 0 Å². The Kier molecular flexibility index (Phi) is 5.24. The number of aryl methyl sites for hydroxylation is 1. The Morgan fingerprint density at radius 2 is 2.00 bits per heavy atom. The molecule has 0 fully saturated rings. The Labute approximate surface area is 133 Å². The maximum atomic E-state index is 5.78. The maximum absolute atomic E-state index is 5.78. The zero-order valence-electron chi connectivity index (χ0n) is 12.2. The van der Waals surface area contributed by atoms with Gasteiger partial charge < -0.3 is 10.1 Å². The largest absolute Gasteiger partial charge is 0.491 e. The molecule has 0 spiro atoms. The van der Waals surface area contributed by atoms with Gasteiger partial charge in [-0.05, 0) is 73.1 Å². The van der Waals surface area contributed by atoms with Crippen molar-refractivity contribution in [2.45, 2.75) is 32.9 Å². The third-order valence-electron chi connectivity index (χ3n) is 3.01. The average molecular weight is 354 g/mol. The number of hydrogen-bond donors (Lipinski definition) is 1. The first-order valence-electron chi connectivity index (χ1n) is 6.71. The minimum absolute atomic E-state index is 0.191. The first kappa shape index (κ1) is 15.5. The van der Waals surface area contributed by atoms with Gasteiger partial charge in [0, 0.05) is 4.88 Å². The van der Waals surface area contributed by atoms with Gasteiger partial charge in [-0.2, -0.15) is 0 Å². The summed E-state index contributed by atoms with van der Waals surface area (Å²) in [5.74, 6) is 0.921. The van der Waals surface area contributed by atoms with Crippen LogP contribution in [-0.4, -0.2) is 13.2 Å². The molecule has 0 amide bonds. The van der Waals surface area contributed by atoms with E-state index in [0.717, 1.165) is 5.75 Å². The first-order valence-corrected chi connectivity index (χ1v) is 8.32. The Hall–Kier alpha value is -0.840. The molecular weight excluding hydrogens is 334 g/mol. The number of halogens is 1. The van der Waals surface area contributed by atoms with Crippen molar-refractivity contribution in [1.82, 2.24) is 5.32 Å². The molecule has 1 aromatic heterocycles. The Morgan fingerprint density at radius 3 is 2.55 bits per heavy atom. The highest BCUT2D eigenvalue weighted by atomic mass is 79.9. The molecule has 1 atom stereocenters. The summed E-state index contributed by atoms with van der Waals surface area (Å²) in [4.78, 5) is 1.30. The van der Waals surface area contributed by atoms with Crippen molar-refractivity contribution < 1.29 is 4.74 Å². The molecule has 2 rings (SSSR count). The summed E-state index contributed by atoms with van der Waals surface area (Å²) < 4.78 is 6.98. The van der Waals surface area contributed by atoms with Gasteiger partial charge in [0.1, 0.15) is 5.75 Å². The first-order chi connectivity index (χ1) is 9.51. The summed E-state index contributed by atoms with van der Waals surface area (Å²) in [6.45, 7) is 6.21.